The third-order valence-electron chi connectivity index (χ3n) is 7.28. The van der Waals surface area contributed by atoms with Gasteiger partial charge in [0.15, 0.2) is 11.0 Å². The Bertz CT molecular complexity index is 1700. The van der Waals surface area contributed by atoms with Crippen LogP contribution in [0.15, 0.2) is 78.0 Å². The highest BCUT2D eigenvalue weighted by molar-refractivity contribution is 8.15. The van der Waals surface area contributed by atoms with E-state index in [4.69, 9.17) is 0 Å². The van der Waals surface area contributed by atoms with Crippen LogP contribution in [0.1, 0.15) is 49.3 Å². The molecule has 0 bridgehead atoms. The largest absolute Gasteiger partial charge is 0.573 e. The van der Waals surface area contributed by atoms with Crippen molar-refractivity contribution in [1.29, 1.82) is 0 Å². The number of ether oxygens (including phenoxy) is 1. The van der Waals surface area contributed by atoms with E-state index >= 15 is 0 Å². The number of carbonyl (C=O) groups excluding carboxylic acids is 2. The lowest BCUT2D eigenvalue weighted by molar-refractivity contribution is -0.274. The van der Waals surface area contributed by atoms with Gasteiger partial charge in [-0.1, -0.05) is 61.5 Å². The van der Waals surface area contributed by atoms with Gasteiger partial charge >= 0.3 is 6.36 Å². The first kappa shape index (κ1) is 32.0. The van der Waals surface area contributed by atoms with Gasteiger partial charge in [-0.05, 0) is 79.6 Å². The van der Waals surface area contributed by atoms with Crippen molar-refractivity contribution in [2.45, 2.75) is 58.7 Å². The maximum Gasteiger partial charge on any atom is 0.573 e. The van der Waals surface area contributed by atoms with Gasteiger partial charge in [-0.2, -0.15) is 4.99 Å². The van der Waals surface area contributed by atoms with Gasteiger partial charge in [-0.3, -0.25) is 14.5 Å². The van der Waals surface area contributed by atoms with Crippen LogP contribution < -0.4 is 9.64 Å². The molecule has 8 nitrogen and oxygen atoms in total. The molecular weight excluding hydrogens is 603 g/mol. The summed E-state index contributed by atoms with van der Waals surface area (Å²) in [7, 11) is 0. The number of anilines is 1. The van der Waals surface area contributed by atoms with Crippen molar-refractivity contribution in [3.05, 3.63) is 89.7 Å². The number of unbranched alkanes of at least 4 members (excludes halogenated alkanes) is 2. The molecule has 1 aromatic heterocycles. The summed E-state index contributed by atoms with van der Waals surface area (Å²) >= 11 is 1.30. The molecule has 0 radical (unpaired) electrons. The van der Waals surface area contributed by atoms with Crippen molar-refractivity contribution < 1.29 is 27.5 Å². The molecule has 1 aliphatic rings. The van der Waals surface area contributed by atoms with Crippen LogP contribution >= 0.6 is 11.8 Å². The third kappa shape index (κ3) is 8.18. The maximum atomic E-state index is 12.7. The summed E-state index contributed by atoms with van der Waals surface area (Å²) in [6.45, 7) is 4.01. The highest BCUT2D eigenvalue weighted by Gasteiger charge is 2.33. The van der Waals surface area contributed by atoms with Gasteiger partial charge in [0, 0.05) is 12.0 Å². The number of benzene rings is 3. The number of amides is 2. The molecule has 0 N–H and O–H groups in total. The van der Waals surface area contributed by atoms with Crippen molar-refractivity contribution in [2.24, 2.45) is 4.99 Å². The minimum Gasteiger partial charge on any atom is -0.406 e. The minimum atomic E-state index is -4.75. The fourth-order valence-electron chi connectivity index (χ4n) is 5.12. The zero-order valence-electron chi connectivity index (χ0n) is 24.9. The van der Waals surface area contributed by atoms with Crippen LogP contribution in [0.5, 0.6) is 5.75 Å². The van der Waals surface area contributed by atoms with Gasteiger partial charge in [-0.25, -0.2) is 9.67 Å². The number of rotatable bonds is 11. The Labute approximate surface area is 263 Å². The van der Waals surface area contributed by atoms with Gasteiger partial charge in [0.2, 0.25) is 11.8 Å². The maximum absolute atomic E-state index is 12.7. The molecule has 234 valence electrons. The Morgan fingerprint density at radius 2 is 1.82 bits per heavy atom. The van der Waals surface area contributed by atoms with E-state index in [-0.39, 0.29) is 23.3 Å². The lowest BCUT2D eigenvalue weighted by Crippen LogP contribution is -2.31. The van der Waals surface area contributed by atoms with E-state index in [1.165, 1.54) is 47.0 Å². The number of nitrogens with zero attached hydrogens (tertiary/aromatic N) is 5. The molecule has 12 heteroatoms. The SMILES string of the molecule is CCc1cccc(C)c1N1C(=O)CSC1=NC(=O)CCCCCc1cccc(-c2ncn(-c3ccc(OC(F)(F)F)cc3)n2)c1. The minimum absolute atomic E-state index is 0.0617. The summed E-state index contributed by atoms with van der Waals surface area (Å²) in [6, 6.07) is 19.2. The Morgan fingerprint density at radius 1 is 1.04 bits per heavy atom. The summed E-state index contributed by atoms with van der Waals surface area (Å²) < 4.78 is 42.7. The van der Waals surface area contributed by atoms with Crippen LogP contribution in [-0.2, 0) is 22.4 Å². The zero-order valence-corrected chi connectivity index (χ0v) is 25.7. The second-order valence-electron chi connectivity index (χ2n) is 10.6. The molecule has 2 heterocycles. The standard InChI is InChI=1S/C33H32F3N5O3S/c1-3-24-12-7-9-22(2)30(24)41-29(43)20-45-32(41)38-28(42)14-6-4-5-10-23-11-8-13-25(19-23)31-37-21-40(39-31)26-15-17-27(18-16-26)44-33(34,35)36/h7-9,11-13,15-19,21H,3-6,10,14,20H2,1-2H3. The number of thioether (sulfide) groups is 1. The summed E-state index contributed by atoms with van der Waals surface area (Å²) in [5.74, 6) is 0.165. The number of para-hydroxylation sites is 1. The van der Waals surface area contributed by atoms with Gasteiger partial charge in [0.05, 0.1) is 17.1 Å². The average molecular weight is 636 g/mol. The van der Waals surface area contributed by atoms with Crippen LogP contribution in [0.2, 0.25) is 0 Å². The second kappa shape index (κ2) is 14.1. The number of aromatic nitrogens is 3. The van der Waals surface area contributed by atoms with E-state index in [1.54, 1.807) is 4.90 Å². The highest BCUT2D eigenvalue weighted by atomic mass is 32.2. The number of amidine groups is 1. The Kier molecular flexibility index (Phi) is 10.0. The van der Waals surface area contributed by atoms with E-state index in [1.807, 2.05) is 56.3 Å². The summed E-state index contributed by atoms with van der Waals surface area (Å²) in [5, 5.41) is 4.93. The predicted octanol–water partition coefficient (Wildman–Crippen LogP) is 7.47. The zero-order chi connectivity index (χ0) is 32.0. The smallest absolute Gasteiger partial charge is 0.406 e. The molecular formula is C33H32F3N5O3S. The van der Waals surface area contributed by atoms with Crippen LogP contribution in [0.4, 0.5) is 18.9 Å². The van der Waals surface area contributed by atoms with Crippen LogP contribution in [0.3, 0.4) is 0 Å². The Morgan fingerprint density at radius 3 is 2.58 bits per heavy atom. The third-order valence-corrected chi connectivity index (χ3v) is 8.20. The van der Waals surface area contributed by atoms with Crippen molar-refractivity contribution >= 4 is 34.4 Å². The molecule has 0 spiro atoms. The quantitative estimate of drug-likeness (QED) is 0.159. The van der Waals surface area contributed by atoms with Gasteiger partial charge in [0.1, 0.15) is 12.1 Å². The highest BCUT2D eigenvalue weighted by Crippen LogP contribution is 2.33. The lowest BCUT2D eigenvalue weighted by Gasteiger charge is -2.21. The first-order valence-corrected chi connectivity index (χ1v) is 15.6. The Balaban J connectivity index is 1.12. The fraction of sp³-hybridized carbons (Fsp3) is 0.303. The number of carbonyl (C=O) groups is 2. The fourth-order valence-corrected chi connectivity index (χ4v) is 5.99. The monoisotopic (exact) mass is 635 g/mol. The normalized spacial score (nSPS) is 14.4. The molecule has 0 saturated carbocycles. The summed E-state index contributed by atoms with van der Waals surface area (Å²) in [5.41, 5.74) is 5.33. The number of hydrogen-bond acceptors (Lipinski definition) is 6. The molecule has 4 aromatic rings. The number of halogens is 3. The van der Waals surface area contributed by atoms with Gasteiger partial charge in [-0.15, -0.1) is 18.3 Å². The van der Waals surface area contributed by atoms with Crippen LogP contribution in [0.25, 0.3) is 17.1 Å². The van der Waals surface area contributed by atoms with Crippen LogP contribution in [0, 0.1) is 6.92 Å². The number of hydrogen-bond donors (Lipinski definition) is 0. The first-order chi connectivity index (χ1) is 21.6. The van der Waals surface area contributed by atoms with Crippen molar-refractivity contribution in [1.82, 2.24) is 14.8 Å². The van der Waals surface area contributed by atoms with E-state index in [2.05, 4.69) is 19.8 Å². The first-order valence-electron chi connectivity index (χ1n) is 14.6. The molecule has 0 unspecified atom stereocenters. The predicted molar refractivity (Wildman–Crippen MR) is 169 cm³/mol. The molecule has 3 aromatic carbocycles. The van der Waals surface area contributed by atoms with E-state index in [0.717, 1.165) is 53.6 Å². The number of alkyl halides is 3. The van der Waals surface area contributed by atoms with Crippen molar-refractivity contribution in [2.75, 3.05) is 10.7 Å². The van der Waals surface area contributed by atoms with Crippen molar-refractivity contribution in [3.8, 4) is 22.8 Å². The average Bonchev–Trinajstić information content (AvgIpc) is 3.64. The summed E-state index contributed by atoms with van der Waals surface area (Å²) in [6.07, 6.45) is 1.06. The molecule has 1 aliphatic heterocycles. The molecule has 1 fully saturated rings. The van der Waals surface area contributed by atoms with E-state index in [9.17, 15) is 22.8 Å². The molecule has 0 aliphatic carbocycles. The van der Waals surface area contributed by atoms with Crippen LogP contribution in [-0.4, -0.2) is 43.9 Å². The van der Waals surface area contributed by atoms with E-state index < -0.39 is 6.36 Å². The molecule has 0 atom stereocenters. The van der Waals surface area contributed by atoms with Gasteiger partial charge in [0.25, 0.3) is 0 Å². The molecule has 5 rings (SSSR count). The Hall–Kier alpha value is -4.45. The second-order valence-corrected chi connectivity index (χ2v) is 11.5. The van der Waals surface area contributed by atoms with Crippen molar-refractivity contribution in [3.63, 3.8) is 0 Å². The number of aryl methyl sites for hydroxylation is 3. The molecule has 45 heavy (non-hydrogen) atoms. The molecule has 2 amide bonds. The van der Waals surface area contributed by atoms with E-state index in [0.29, 0.717) is 29.5 Å². The molecule has 1 saturated heterocycles. The number of aliphatic imine (C=N–C) groups is 1. The van der Waals surface area contributed by atoms with Gasteiger partial charge < -0.3 is 4.74 Å². The summed E-state index contributed by atoms with van der Waals surface area (Å²) in [4.78, 5) is 35.7. The topological polar surface area (TPSA) is 89.7 Å². The lowest BCUT2D eigenvalue weighted by atomic mass is 10.0.